The maximum atomic E-state index is 11.6. The van der Waals surface area contributed by atoms with Crippen LogP contribution in [0.5, 0.6) is 0 Å². The second kappa shape index (κ2) is 32.0. The highest BCUT2D eigenvalue weighted by Crippen LogP contribution is 2.13. The van der Waals surface area contributed by atoms with Gasteiger partial charge in [0.05, 0.1) is 13.2 Å². The van der Waals surface area contributed by atoms with Crippen molar-refractivity contribution in [1.82, 2.24) is 0 Å². The molecule has 0 radical (unpaired) electrons. The number of hydrogen-bond donors (Lipinski definition) is 0. The lowest BCUT2D eigenvalue weighted by atomic mass is 10.1. The molecule has 214 valence electrons. The van der Waals surface area contributed by atoms with Gasteiger partial charge in [0, 0.05) is 0 Å². The van der Waals surface area contributed by atoms with Gasteiger partial charge in [-0.05, 0) is 38.5 Å². The molecule has 0 amide bonds. The van der Waals surface area contributed by atoms with Crippen molar-refractivity contribution in [3.63, 3.8) is 0 Å². The van der Waals surface area contributed by atoms with Crippen LogP contribution in [0.15, 0.2) is 12.2 Å². The molecule has 0 bridgehead atoms. The molecule has 0 aromatic rings. The average molecular weight is 509 g/mol. The Hall–Kier alpha value is -0.990. The van der Waals surface area contributed by atoms with Gasteiger partial charge in [-0.25, -0.2) is 4.79 Å². The first-order chi connectivity index (χ1) is 17.8. The van der Waals surface area contributed by atoms with Gasteiger partial charge in [-0.2, -0.15) is 0 Å². The molecular weight excluding hydrogens is 444 g/mol. The Labute approximate surface area is 226 Å². The first-order valence-corrected chi connectivity index (χ1v) is 16.3. The van der Waals surface area contributed by atoms with Gasteiger partial charge in [-0.3, -0.25) is 0 Å². The summed E-state index contributed by atoms with van der Waals surface area (Å²) in [7, 11) is 0. The molecule has 0 aliphatic rings. The van der Waals surface area contributed by atoms with E-state index in [0.29, 0.717) is 13.2 Å². The SMILES string of the molecule is CCCCCCCC/C=C\CCCCCCCCCCCCOC(=O)OCCCCCCCCCC. The number of ether oxygens (including phenoxy) is 2. The number of unbranched alkanes of at least 4 members (excludes halogenated alkanes) is 23. The summed E-state index contributed by atoms with van der Waals surface area (Å²) in [6.45, 7) is 5.54. The molecule has 0 spiro atoms. The van der Waals surface area contributed by atoms with Crippen LogP contribution in [-0.4, -0.2) is 19.4 Å². The largest absolute Gasteiger partial charge is 0.508 e. The fraction of sp³-hybridized carbons (Fsp3) is 0.909. The van der Waals surface area contributed by atoms with E-state index in [2.05, 4.69) is 26.0 Å². The molecule has 0 rings (SSSR count). The monoisotopic (exact) mass is 508 g/mol. The lowest BCUT2D eigenvalue weighted by Gasteiger charge is -2.06. The molecule has 0 fully saturated rings. The van der Waals surface area contributed by atoms with Crippen molar-refractivity contribution in [2.45, 2.75) is 181 Å². The summed E-state index contributed by atoms with van der Waals surface area (Å²) in [4.78, 5) is 11.6. The van der Waals surface area contributed by atoms with Crippen LogP contribution < -0.4 is 0 Å². The van der Waals surface area contributed by atoms with Gasteiger partial charge in [0.25, 0.3) is 0 Å². The molecule has 0 aliphatic heterocycles. The molecule has 0 aromatic heterocycles. The lowest BCUT2D eigenvalue weighted by Crippen LogP contribution is -2.09. The third-order valence-corrected chi connectivity index (χ3v) is 7.09. The summed E-state index contributed by atoms with van der Waals surface area (Å²) in [5, 5.41) is 0. The minimum atomic E-state index is -0.480. The maximum Gasteiger partial charge on any atom is 0.508 e. The Bertz CT molecular complexity index is 446. The molecule has 0 unspecified atom stereocenters. The molecule has 3 nitrogen and oxygen atoms in total. The molecule has 0 atom stereocenters. The van der Waals surface area contributed by atoms with Crippen LogP contribution in [0.2, 0.25) is 0 Å². The van der Waals surface area contributed by atoms with E-state index in [0.717, 1.165) is 25.7 Å². The Balaban J connectivity index is 3.16. The zero-order valence-corrected chi connectivity index (χ0v) is 24.7. The predicted molar refractivity (Wildman–Crippen MR) is 158 cm³/mol. The van der Waals surface area contributed by atoms with Crippen LogP contribution in [0.1, 0.15) is 181 Å². The van der Waals surface area contributed by atoms with E-state index in [1.807, 2.05) is 0 Å². The van der Waals surface area contributed by atoms with Crippen molar-refractivity contribution in [2.75, 3.05) is 13.2 Å². The van der Waals surface area contributed by atoms with Crippen molar-refractivity contribution in [2.24, 2.45) is 0 Å². The second-order valence-corrected chi connectivity index (χ2v) is 10.8. The van der Waals surface area contributed by atoms with E-state index >= 15 is 0 Å². The number of allylic oxidation sites excluding steroid dienone is 2. The minimum absolute atomic E-state index is 0.480. The average Bonchev–Trinajstić information content (AvgIpc) is 2.88. The molecule has 0 N–H and O–H groups in total. The zero-order chi connectivity index (χ0) is 26.2. The van der Waals surface area contributed by atoms with Crippen LogP contribution in [0.25, 0.3) is 0 Å². The zero-order valence-electron chi connectivity index (χ0n) is 24.7. The Morgan fingerprint density at radius 1 is 0.417 bits per heavy atom. The molecule has 3 heteroatoms. The third-order valence-electron chi connectivity index (χ3n) is 7.09. The van der Waals surface area contributed by atoms with E-state index in [1.54, 1.807) is 0 Å². The first kappa shape index (κ1) is 35.0. The Kier molecular flexibility index (Phi) is 31.2. The molecule has 0 heterocycles. The fourth-order valence-corrected chi connectivity index (χ4v) is 4.65. The molecule has 0 saturated heterocycles. The second-order valence-electron chi connectivity index (χ2n) is 10.8. The molecule has 36 heavy (non-hydrogen) atoms. The van der Waals surface area contributed by atoms with Crippen LogP contribution in [0.3, 0.4) is 0 Å². The topological polar surface area (TPSA) is 35.5 Å². The van der Waals surface area contributed by atoms with Gasteiger partial charge < -0.3 is 9.47 Å². The van der Waals surface area contributed by atoms with Gasteiger partial charge in [-0.1, -0.05) is 154 Å². The number of hydrogen-bond acceptors (Lipinski definition) is 3. The summed E-state index contributed by atoms with van der Waals surface area (Å²) in [6, 6.07) is 0. The van der Waals surface area contributed by atoms with E-state index in [1.165, 1.54) is 141 Å². The van der Waals surface area contributed by atoms with Crippen LogP contribution >= 0.6 is 0 Å². The highest BCUT2D eigenvalue weighted by molar-refractivity contribution is 5.59. The van der Waals surface area contributed by atoms with E-state index in [4.69, 9.17) is 9.47 Å². The Morgan fingerprint density at radius 2 is 0.694 bits per heavy atom. The molecule has 0 aromatic carbocycles. The van der Waals surface area contributed by atoms with Crippen molar-refractivity contribution < 1.29 is 14.3 Å². The first-order valence-electron chi connectivity index (χ1n) is 16.3. The summed E-state index contributed by atoms with van der Waals surface area (Å²) >= 11 is 0. The third kappa shape index (κ3) is 31.0. The highest BCUT2D eigenvalue weighted by atomic mass is 16.7. The number of rotatable bonds is 29. The van der Waals surface area contributed by atoms with Crippen molar-refractivity contribution in [3.05, 3.63) is 12.2 Å². The molecule has 0 saturated carbocycles. The fourth-order valence-electron chi connectivity index (χ4n) is 4.65. The normalized spacial score (nSPS) is 11.4. The van der Waals surface area contributed by atoms with E-state index in [9.17, 15) is 4.79 Å². The quantitative estimate of drug-likeness (QED) is 0.0572. The van der Waals surface area contributed by atoms with Crippen LogP contribution in [-0.2, 0) is 9.47 Å². The van der Waals surface area contributed by atoms with Crippen molar-refractivity contribution >= 4 is 6.16 Å². The summed E-state index contributed by atoms with van der Waals surface area (Å²) in [5.74, 6) is 0. The highest BCUT2D eigenvalue weighted by Gasteiger charge is 2.03. The number of carbonyl (C=O) groups excluding carboxylic acids is 1. The van der Waals surface area contributed by atoms with Gasteiger partial charge in [0.15, 0.2) is 0 Å². The molecular formula is C33H64O3. The number of carbonyl (C=O) groups is 1. The van der Waals surface area contributed by atoms with Crippen LogP contribution in [0.4, 0.5) is 4.79 Å². The maximum absolute atomic E-state index is 11.6. The lowest BCUT2D eigenvalue weighted by molar-refractivity contribution is 0.0529. The van der Waals surface area contributed by atoms with Gasteiger partial charge in [0.2, 0.25) is 0 Å². The standard InChI is InChI=1S/C33H64O3/c1-3-5-7-9-11-13-14-15-16-17-18-19-20-21-22-23-24-26-28-30-32-36-33(34)35-31-29-27-25-12-10-8-6-4-2/h15-16H,3-14,17-32H2,1-2H3/b16-15-. The minimum Gasteiger partial charge on any atom is -0.434 e. The van der Waals surface area contributed by atoms with E-state index in [-0.39, 0.29) is 0 Å². The summed E-state index contributed by atoms with van der Waals surface area (Å²) in [6.07, 6.45) is 38.2. The molecule has 0 aliphatic carbocycles. The summed E-state index contributed by atoms with van der Waals surface area (Å²) in [5.41, 5.74) is 0. The van der Waals surface area contributed by atoms with Crippen molar-refractivity contribution in [3.8, 4) is 0 Å². The summed E-state index contributed by atoms with van der Waals surface area (Å²) < 4.78 is 10.4. The van der Waals surface area contributed by atoms with E-state index < -0.39 is 6.16 Å². The smallest absolute Gasteiger partial charge is 0.434 e. The van der Waals surface area contributed by atoms with Crippen LogP contribution in [0, 0.1) is 0 Å². The predicted octanol–water partition coefficient (Wildman–Crippen LogP) is 11.9. The van der Waals surface area contributed by atoms with Gasteiger partial charge in [-0.15, -0.1) is 0 Å². The van der Waals surface area contributed by atoms with Crippen molar-refractivity contribution in [1.29, 1.82) is 0 Å². The Morgan fingerprint density at radius 3 is 1.03 bits per heavy atom. The van der Waals surface area contributed by atoms with Gasteiger partial charge in [0.1, 0.15) is 0 Å². The van der Waals surface area contributed by atoms with Gasteiger partial charge >= 0.3 is 6.16 Å².